The summed E-state index contributed by atoms with van der Waals surface area (Å²) in [6, 6.07) is 8.28. The Labute approximate surface area is 257 Å². The van der Waals surface area contributed by atoms with Crippen molar-refractivity contribution in [2.75, 3.05) is 24.1 Å². The number of nitrogens with two attached hydrogens (primary N) is 1. The van der Waals surface area contributed by atoms with Crippen LogP contribution in [-0.4, -0.2) is 50.7 Å². The van der Waals surface area contributed by atoms with Crippen molar-refractivity contribution in [3.63, 3.8) is 0 Å². The smallest absolute Gasteiger partial charge is 0.383 e. The van der Waals surface area contributed by atoms with E-state index in [4.69, 9.17) is 10.8 Å². The highest BCUT2D eigenvalue weighted by molar-refractivity contribution is 6.06. The molecule has 6 rings (SSSR count). The first kappa shape index (κ1) is 30.3. The predicted molar refractivity (Wildman–Crippen MR) is 165 cm³/mol. The highest BCUT2D eigenvalue weighted by atomic mass is 19.4. The molecule has 4 heterocycles. The van der Waals surface area contributed by atoms with E-state index in [1.54, 1.807) is 30.5 Å². The fourth-order valence-corrected chi connectivity index (χ4v) is 6.00. The van der Waals surface area contributed by atoms with Crippen LogP contribution in [0.15, 0.2) is 54.9 Å². The van der Waals surface area contributed by atoms with Crippen LogP contribution in [0.1, 0.15) is 66.1 Å². The number of carbonyl (C=O) groups excluding carboxylic acids is 2. The lowest BCUT2D eigenvalue weighted by molar-refractivity contribution is -0.137. The standard InChI is InChI=1S/C32H33F3N8O2/c33-32(34,35)22-12-14-38-25(15-22)41-31(45)20-10-8-19(9-11-20)28-27-29-21(17-39-30(27)36)5-2-1-3-13-37-18-26(44)40-23-6-4-7-24(16-23)43(29)42-28/h2,5,8-12,14-15,17,23-24,37H,1,3-4,6-7,13,16,18H2,(H2,36,39)(H,40,44)(H,38,41,45)/b5-2+/t23-,24-/m1/s1. The molecule has 0 radical (unpaired) electrons. The Morgan fingerprint density at radius 1 is 1.09 bits per heavy atom. The Morgan fingerprint density at radius 3 is 2.71 bits per heavy atom. The topological polar surface area (TPSA) is 140 Å². The molecule has 5 N–H and O–H groups in total. The van der Waals surface area contributed by atoms with E-state index in [2.05, 4.69) is 32.0 Å². The van der Waals surface area contributed by atoms with Crippen molar-refractivity contribution in [3.05, 3.63) is 71.6 Å². The van der Waals surface area contributed by atoms with Gasteiger partial charge in [0, 0.05) is 35.1 Å². The first-order valence-corrected chi connectivity index (χ1v) is 15.0. The number of alkyl halides is 3. The average Bonchev–Trinajstić information content (AvgIpc) is 3.43. The molecule has 4 aromatic rings. The number of pyridine rings is 2. The van der Waals surface area contributed by atoms with Crippen LogP contribution in [0.25, 0.3) is 28.2 Å². The van der Waals surface area contributed by atoms with Crippen molar-refractivity contribution < 1.29 is 22.8 Å². The first-order valence-electron chi connectivity index (χ1n) is 15.0. The van der Waals surface area contributed by atoms with Gasteiger partial charge in [-0.1, -0.05) is 24.3 Å². The highest BCUT2D eigenvalue weighted by Crippen LogP contribution is 2.39. The number of nitrogens with zero attached hydrogens (tertiary/aromatic N) is 4. The molecule has 2 amide bonds. The molecule has 234 valence electrons. The second kappa shape index (κ2) is 12.7. The molecule has 45 heavy (non-hydrogen) atoms. The molecule has 3 aromatic heterocycles. The third kappa shape index (κ3) is 6.68. The van der Waals surface area contributed by atoms with E-state index < -0.39 is 17.6 Å². The van der Waals surface area contributed by atoms with E-state index in [0.717, 1.165) is 74.5 Å². The summed E-state index contributed by atoms with van der Waals surface area (Å²) in [5.41, 5.74) is 8.86. The molecular formula is C32H33F3N8O2. The summed E-state index contributed by atoms with van der Waals surface area (Å²) in [6.45, 7) is 1.01. The molecule has 1 aromatic carbocycles. The zero-order chi connectivity index (χ0) is 31.6. The molecule has 10 nitrogen and oxygen atoms in total. The van der Waals surface area contributed by atoms with Crippen LogP contribution >= 0.6 is 0 Å². The first-order chi connectivity index (χ1) is 21.7. The number of benzene rings is 1. The number of hydrogen-bond acceptors (Lipinski definition) is 7. The Morgan fingerprint density at radius 2 is 1.91 bits per heavy atom. The van der Waals surface area contributed by atoms with Gasteiger partial charge in [0.2, 0.25) is 5.91 Å². The number of halogens is 3. The second-order valence-electron chi connectivity index (χ2n) is 11.4. The zero-order valence-electron chi connectivity index (χ0n) is 24.4. The molecule has 2 aliphatic rings. The van der Waals surface area contributed by atoms with Crippen LogP contribution in [0.5, 0.6) is 0 Å². The van der Waals surface area contributed by atoms with Crippen molar-refractivity contribution in [2.45, 2.75) is 56.8 Å². The summed E-state index contributed by atoms with van der Waals surface area (Å²) in [6.07, 6.45) is 7.43. The second-order valence-corrected chi connectivity index (χ2v) is 11.4. The number of nitrogens with one attached hydrogen (secondary N) is 3. The number of carbonyl (C=O) groups is 2. The fourth-order valence-electron chi connectivity index (χ4n) is 6.00. The van der Waals surface area contributed by atoms with E-state index in [-0.39, 0.29) is 35.9 Å². The van der Waals surface area contributed by atoms with Gasteiger partial charge in [0.05, 0.1) is 29.1 Å². The molecule has 0 saturated heterocycles. The molecule has 13 heteroatoms. The summed E-state index contributed by atoms with van der Waals surface area (Å²) in [7, 11) is 0. The number of aromatic nitrogens is 4. The Kier molecular flexibility index (Phi) is 8.52. The van der Waals surface area contributed by atoms with Crippen LogP contribution < -0.4 is 21.7 Å². The molecular weight excluding hydrogens is 585 g/mol. The lowest BCUT2D eigenvalue weighted by Gasteiger charge is -2.30. The normalized spacial score (nSPS) is 20.1. The number of nitrogen functional groups attached to an aromatic ring is 1. The van der Waals surface area contributed by atoms with Crippen LogP contribution in [-0.2, 0) is 11.0 Å². The summed E-state index contributed by atoms with van der Waals surface area (Å²) in [5, 5.41) is 14.6. The van der Waals surface area contributed by atoms with Gasteiger partial charge in [-0.05, 0) is 69.3 Å². The van der Waals surface area contributed by atoms with Crippen molar-refractivity contribution in [2.24, 2.45) is 0 Å². The van der Waals surface area contributed by atoms with Crippen molar-refractivity contribution >= 4 is 40.4 Å². The Balaban J connectivity index is 1.35. The van der Waals surface area contributed by atoms with Crippen LogP contribution in [0.3, 0.4) is 0 Å². The van der Waals surface area contributed by atoms with Crippen molar-refractivity contribution in [1.82, 2.24) is 30.4 Å². The maximum absolute atomic E-state index is 13.1. The minimum absolute atomic E-state index is 0.0114. The molecule has 1 aliphatic carbocycles. The van der Waals surface area contributed by atoms with Gasteiger partial charge in [-0.25, -0.2) is 9.97 Å². The quantitative estimate of drug-likeness (QED) is 0.243. The van der Waals surface area contributed by atoms with Crippen molar-refractivity contribution in [3.8, 4) is 11.3 Å². The summed E-state index contributed by atoms with van der Waals surface area (Å²) < 4.78 is 41.3. The molecule has 1 fully saturated rings. The van der Waals surface area contributed by atoms with E-state index in [1.807, 2.05) is 10.8 Å². The van der Waals surface area contributed by atoms with E-state index in [1.165, 1.54) is 0 Å². The lowest BCUT2D eigenvalue weighted by Crippen LogP contribution is -2.43. The van der Waals surface area contributed by atoms with Crippen LogP contribution in [0, 0.1) is 0 Å². The van der Waals surface area contributed by atoms with Crippen molar-refractivity contribution in [1.29, 1.82) is 0 Å². The van der Waals surface area contributed by atoms with Gasteiger partial charge in [0.25, 0.3) is 5.91 Å². The molecule has 1 saturated carbocycles. The number of rotatable bonds is 3. The molecule has 1 aliphatic heterocycles. The molecule has 2 atom stereocenters. The fraction of sp³-hybridized carbons (Fsp3) is 0.344. The minimum atomic E-state index is -4.55. The summed E-state index contributed by atoms with van der Waals surface area (Å²) >= 11 is 0. The number of hydrogen-bond donors (Lipinski definition) is 4. The van der Waals surface area contributed by atoms with Gasteiger partial charge < -0.3 is 21.7 Å². The maximum atomic E-state index is 13.1. The average molecular weight is 619 g/mol. The van der Waals surface area contributed by atoms with E-state index in [0.29, 0.717) is 22.5 Å². The highest BCUT2D eigenvalue weighted by Gasteiger charge is 2.31. The van der Waals surface area contributed by atoms with Gasteiger partial charge in [-0.3, -0.25) is 14.3 Å². The van der Waals surface area contributed by atoms with Gasteiger partial charge >= 0.3 is 6.18 Å². The largest absolute Gasteiger partial charge is 0.416 e. The van der Waals surface area contributed by atoms with E-state index in [9.17, 15) is 22.8 Å². The third-order valence-electron chi connectivity index (χ3n) is 8.20. The number of amides is 2. The summed E-state index contributed by atoms with van der Waals surface area (Å²) in [5.74, 6) is -0.494. The monoisotopic (exact) mass is 618 g/mol. The maximum Gasteiger partial charge on any atom is 0.416 e. The van der Waals surface area contributed by atoms with Gasteiger partial charge in [-0.15, -0.1) is 0 Å². The molecule has 2 bridgehead atoms. The van der Waals surface area contributed by atoms with Gasteiger partial charge in [-0.2, -0.15) is 18.3 Å². The predicted octanol–water partition coefficient (Wildman–Crippen LogP) is 5.34. The SMILES string of the molecule is Nc1ncc2c3c1c(-c1ccc(C(=O)Nc4cc(C(F)(F)F)ccn4)cc1)nn3[C@@H]1CCC[C@H](C1)NC(=O)CNCCC/C=C/2. The zero-order valence-corrected chi connectivity index (χ0v) is 24.4. The Hall–Kier alpha value is -4.78. The van der Waals surface area contributed by atoms with Crippen LogP contribution in [0.2, 0.25) is 0 Å². The van der Waals surface area contributed by atoms with Gasteiger partial charge in [0.1, 0.15) is 17.3 Å². The number of fused-ring (bicyclic) bond motifs is 3. The number of anilines is 2. The van der Waals surface area contributed by atoms with Gasteiger partial charge in [0.15, 0.2) is 0 Å². The molecule has 0 spiro atoms. The molecule has 0 unspecified atom stereocenters. The minimum Gasteiger partial charge on any atom is -0.383 e. The third-order valence-corrected chi connectivity index (χ3v) is 8.20. The lowest BCUT2D eigenvalue weighted by atomic mass is 9.90. The van der Waals surface area contributed by atoms with Crippen LogP contribution in [0.4, 0.5) is 24.8 Å². The van der Waals surface area contributed by atoms with E-state index >= 15 is 0 Å². The summed E-state index contributed by atoms with van der Waals surface area (Å²) in [4.78, 5) is 33.8. The Bertz CT molecular complexity index is 1750. The number of allylic oxidation sites excluding steroid dienone is 1.